The highest BCUT2D eigenvalue weighted by Gasteiger charge is 2.31. The number of hydrogen-bond donors (Lipinski definition) is 3. The molecule has 244 valence electrons. The van der Waals surface area contributed by atoms with Gasteiger partial charge in [-0.15, -0.1) is 0 Å². The number of amides is 2. The molecular formula is C33H31Cl2FN6O5. The van der Waals surface area contributed by atoms with E-state index in [4.69, 9.17) is 32.9 Å². The SMILES string of the molecule is COc1nc(-c2ccc(F)c(-c3cccc(NC(=O)c4cn(C)c(=O)n(C)c4=O)c3Cl)c2Cl)cc2c1[C@@H](NC[C@@H]1CCC(=O)N1)CC2. The number of anilines is 1. The Morgan fingerprint density at radius 2 is 1.87 bits per heavy atom. The van der Waals surface area contributed by atoms with Crippen LogP contribution in [0.5, 0.6) is 5.88 Å². The van der Waals surface area contributed by atoms with Crippen molar-refractivity contribution in [3.05, 3.63) is 96.0 Å². The van der Waals surface area contributed by atoms with E-state index in [1.165, 1.54) is 32.3 Å². The molecule has 3 N–H and O–H groups in total. The molecule has 1 saturated heterocycles. The number of benzene rings is 2. The topological polar surface area (TPSA) is 136 Å². The number of halogens is 3. The summed E-state index contributed by atoms with van der Waals surface area (Å²) in [6, 6.07) is 9.45. The van der Waals surface area contributed by atoms with Crippen LogP contribution in [0.2, 0.25) is 10.0 Å². The molecule has 2 aliphatic rings. The molecule has 6 rings (SSSR count). The molecule has 14 heteroatoms. The molecule has 47 heavy (non-hydrogen) atoms. The summed E-state index contributed by atoms with van der Waals surface area (Å²) < 4.78 is 23.2. The van der Waals surface area contributed by atoms with E-state index in [0.717, 1.165) is 45.7 Å². The van der Waals surface area contributed by atoms with Crippen molar-refractivity contribution in [3.63, 3.8) is 0 Å². The molecular weight excluding hydrogens is 650 g/mol. The van der Waals surface area contributed by atoms with Crippen molar-refractivity contribution in [1.29, 1.82) is 0 Å². The van der Waals surface area contributed by atoms with Crippen LogP contribution in [0.25, 0.3) is 22.4 Å². The maximum atomic E-state index is 15.5. The van der Waals surface area contributed by atoms with Crippen molar-refractivity contribution >= 4 is 40.7 Å². The van der Waals surface area contributed by atoms with Crippen molar-refractivity contribution in [3.8, 4) is 28.3 Å². The first-order valence-electron chi connectivity index (χ1n) is 14.9. The van der Waals surface area contributed by atoms with Gasteiger partial charge in [-0.2, -0.15) is 0 Å². The minimum Gasteiger partial charge on any atom is -0.481 e. The van der Waals surface area contributed by atoms with Crippen molar-refractivity contribution in [2.24, 2.45) is 14.1 Å². The van der Waals surface area contributed by atoms with Gasteiger partial charge < -0.3 is 25.3 Å². The summed E-state index contributed by atoms with van der Waals surface area (Å²) >= 11 is 13.6. The first kappa shape index (κ1) is 32.4. The minimum atomic E-state index is -0.796. The Morgan fingerprint density at radius 1 is 1.09 bits per heavy atom. The van der Waals surface area contributed by atoms with Crippen LogP contribution < -0.4 is 31.9 Å². The third kappa shape index (κ3) is 6.04. The van der Waals surface area contributed by atoms with Crippen LogP contribution in [0.3, 0.4) is 0 Å². The number of carbonyl (C=O) groups is 2. The van der Waals surface area contributed by atoms with Gasteiger partial charge in [0.2, 0.25) is 11.8 Å². The quantitative estimate of drug-likeness (QED) is 0.251. The lowest BCUT2D eigenvalue weighted by Crippen LogP contribution is -2.40. The lowest BCUT2D eigenvalue weighted by molar-refractivity contribution is -0.119. The van der Waals surface area contributed by atoms with Gasteiger partial charge in [0.05, 0.1) is 28.5 Å². The van der Waals surface area contributed by atoms with Gasteiger partial charge in [-0.1, -0.05) is 35.3 Å². The summed E-state index contributed by atoms with van der Waals surface area (Å²) in [6.45, 7) is 0.635. The average molecular weight is 682 g/mol. The second-order valence-electron chi connectivity index (χ2n) is 11.6. The Kier molecular flexibility index (Phi) is 8.93. The van der Waals surface area contributed by atoms with Crippen LogP contribution in [0.1, 0.15) is 46.8 Å². The number of nitrogens with one attached hydrogen (secondary N) is 3. The van der Waals surface area contributed by atoms with Crippen molar-refractivity contribution < 1.29 is 18.7 Å². The molecule has 2 aromatic carbocycles. The summed E-state index contributed by atoms with van der Waals surface area (Å²) in [5, 5.41) is 9.16. The van der Waals surface area contributed by atoms with E-state index >= 15 is 4.39 Å². The summed E-state index contributed by atoms with van der Waals surface area (Å²) in [6.07, 6.45) is 4.04. The van der Waals surface area contributed by atoms with Crippen molar-refractivity contribution in [1.82, 2.24) is 24.8 Å². The van der Waals surface area contributed by atoms with Crippen molar-refractivity contribution in [2.75, 3.05) is 19.0 Å². The molecule has 0 spiro atoms. The molecule has 0 bridgehead atoms. The monoisotopic (exact) mass is 680 g/mol. The number of aryl methyl sites for hydroxylation is 2. The third-order valence-corrected chi connectivity index (χ3v) is 9.42. The number of methoxy groups -OCH3 is 1. The average Bonchev–Trinajstić information content (AvgIpc) is 3.67. The van der Waals surface area contributed by atoms with Gasteiger partial charge in [-0.3, -0.25) is 19.0 Å². The van der Waals surface area contributed by atoms with Gasteiger partial charge >= 0.3 is 5.69 Å². The van der Waals surface area contributed by atoms with Crippen LogP contribution in [0.15, 0.2) is 52.2 Å². The summed E-state index contributed by atoms with van der Waals surface area (Å²) in [4.78, 5) is 54.1. The number of rotatable bonds is 8. The molecule has 11 nitrogen and oxygen atoms in total. The van der Waals surface area contributed by atoms with Crippen LogP contribution in [-0.2, 0) is 25.3 Å². The molecule has 0 unspecified atom stereocenters. The first-order valence-corrected chi connectivity index (χ1v) is 15.7. The number of carbonyl (C=O) groups excluding carboxylic acids is 2. The Morgan fingerprint density at radius 3 is 2.60 bits per heavy atom. The van der Waals surface area contributed by atoms with Gasteiger partial charge in [0.1, 0.15) is 11.4 Å². The maximum absolute atomic E-state index is 15.5. The molecule has 1 aliphatic heterocycles. The predicted molar refractivity (Wildman–Crippen MR) is 177 cm³/mol. The Balaban J connectivity index is 1.32. The van der Waals surface area contributed by atoms with Gasteiger partial charge in [-0.05, 0) is 49.1 Å². The van der Waals surface area contributed by atoms with E-state index in [-0.39, 0.29) is 50.4 Å². The van der Waals surface area contributed by atoms with Gasteiger partial charge in [0.15, 0.2) is 0 Å². The summed E-state index contributed by atoms with van der Waals surface area (Å²) in [5.41, 5.74) is 1.59. The number of hydrogen-bond acceptors (Lipinski definition) is 7. The lowest BCUT2D eigenvalue weighted by Gasteiger charge is -2.20. The van der Waals surface area contributed by atoms with Gasteiger partial charge in [-0.25, -0.2) is 14.2 Å². The molecule has 1 aliphatic carbocycles. The Hall–Kier alpha value is -4.52. The second kappa shape index (κ2) is 12.9. The molecule has 0 saturated carbocycles. The zero-order chi connectivity index (χ0) is 33.6. The van der Waals surface area contributed by atoms with Gasteiger partial charge in [0.25, 0.3) is 11.5 Å². The summed E-state index contributed by atoms with van der Waals surface area (Å²) in [5.74, 6) is -0.949. The summed E-state index contributed by atoms with van der Waals surface area (Å²) in [7, 11) is 4.23. The van der Waals surface area contributed by atoms with Crippen LogP contribution in [0.4, 0.5) is 10.1 Å². The fourth-order valence-electron chi connectivity index (χ4n) is 6.19. The van der Waals surface area contributed by atoms with E-state index < -0.39 is 23.0 Å². The van der Waals surface area contributed by atoms with E-state index in [1.54, 1.807) is 19.2 Å². The van der Waals surface area contributed by atoms with E-state index in [2.05, 4.69) is 16.0 Å². The maximum Gasteiger partial charge on any atom is 0.330 e. The molecule has 4 aromatic rings. The zero-order valence-corrected chi connectivity index (χ0v) is 27.3. The van der Waals surface area contributed by atoms with Crippen molar-refractivity contribution in [2.45, 2.75) is 37.8 Å². The van der Waals surface area contributed by atoms with Gasteiger partial charge in [0, 0.05) is 67.6 Å². The van der Waals surface area contributed by atoms with Crippen LogP contribution >= 0.6 is 23.2 Å². The minimum absolute atomic E-state index is 0.00251. The molecule has 1 fully saturated rings. The number of pyridine rings is 1. The van der Waals surface area contributed by atoms with Crippen LogP contribution in [-0.4, -0.2) is 45.6 Å². The smallest absolute Gasteiger partial charge is 0.330 e. The van der Waals surface area contributed by atoms with E-state index in [1.807, 2.05) is 6.07 Å². The number of fused-ring (bicyclic) bond motifs is 1. The highest BCUT2D eigenvalue weighted by Crippen LogP contribution is 2.45. The third-order valence-electron chi connectivity index (χ3n) is 8.62. The lowest BCUT2D eigenvalue weighted by atomic mass is 9.98. The predicted octanol–water partition coefficient (Wildman–Crippen LogP) is 4.38. The highest BCUT2D eigenvalue weighted by molar-refractivity contribution is 6.39. The van der Waals surface area contributed by atoms with E-state index in [9.17, 15) is 19.2 Å². The zero-order valence-electron chi connectivity index (χ0n) is 25.7. The fourth-order valence-corrected chi connectivity index (χ4v) is 6.81. The molecule has 2 atom stereocenters. The molecule has 3 heterocycles. The molecule has 0 radical (unpaired) electrons. The number of aromatic nitrogens is 3. The van der Waals surface area contributed by atoms with Crippen LogP contribution in [0, 0.1) is 5.82 Å². The first-order chi connectivity index (χ1) is 22.5. The number of ether oxygens (including phenoxy) is 1. The molecule has 2 amide bonds. The fraction of sp³-hybridized carbons (Fsp3) is 0.303. The number of nitrogens with zero attached hydrogens (tertiary/aromatic N) is 3. The normalized spacial score (nSPS) is 17.0. The molecule has 2 aromatic heterocycles. The second-order valence-corrected chi connectivity index (χ2v) is 12.4. The standard InChI is InChI=1S/C33H31Cl2FN6O5/c1-41-15-20(32(45)42(2)33(41)46)30(44)39-23-6-4-5-19(28(23)34)27-21(36)10-9-18(29(27)35)24-13-16-7-11-22(26(16)31(40-24)47-3)37-14-17-8-12-25(43)38-17/h4-6,9-10,13,15,17,22,37H,7-8,11-12,14H2,1-3H3,(H,38,43)(H,39,44)/t17-,22-/m0/s1. The Bertz CT molecular complexity index is 2060. The Labute approximate surface area is 278 Å². The highest BCUT2D eigenvalue weighted by atomic mass is 35.5. The van der Waals surface area contributed by atoms with E-state index in [0.29, 0.717) is 30.1 Å². The largest absolute Gasteiger partial charge is 0.481 e.